The van der Waals surface area contributed by atoms with Gasteiger partial charge in [-0.25, -0.2) is 0 Å². The molecule has 0 aromatic carbocycles. The van der Waals surface area contributed by atoms with Crippen molar-refractivity contribution in [1.82, 2.24) is 0 Å². The van der Waals surface area contributed by atoms with Crippen molar-refractivity contribution in [2.45, 2.75) is 20.3 Å². The lowest BCUT2D eigenvalue weighted by atomic mass is 10.2. The van der Waals surface area contributed by atoms with E-state index in [4.69, 9.17) is 0 Å². The third-order valence-corrected chi connectivity index (χ3v) is 1.37. The SMILES string of the molecule is C=N/C(C)=C(\C=NC)CC. The molecule has 0 spiro atoms. The first kappa shape index (κ1) is 9.08. The predicted octanol–water partition coefficient (Wildman–Crippen LogP) is 2.07. The Labute approximate surface area is 62.4 Å². The van der Waals surface area contributed by atoms with Gasteiger partial charge in [0, 0.05) is 19.0 Å². The van der Waals surface area contributed by atoms with E-state index in [1.165, 1.54) is 0 Å². The zero-order valence-corrected chi connectivity index (χ0v) is 6.89. The third-order valence-electron chi connectivity index (χ3n) is 1.37. The Morgan fingerprint density at radius 3 is 2.50 bits per heavy atom. The van der Waals surface area contributed by atoms with Crippen LogP contribution in [0.3, 0.4) is 0 Å². The largest absolute Gasteiger partial charge is 0.296 e. The lowest BCUT2D eigenvalue weighted by Crippen LogP contribution is -1.86. The van der Waals surface area contributed by atoms with Crippen LogP contribution in [-0.4, -0.2) is 20.0 Å². The zero-order chi connectivity index (χ0) is 7.98. The highest BCUT2D eigenvalue weighted by Crippen LogP contribution is 2.05. The molecule has 0 fully saturated rings. The molecule has 10 heavy (non-hydrogen) atoms. The standard InChI is InChI=1S/C8H14N2/c1-5-8(6-9-3)7(2)10-4/h6H,4-5H2,1-3H3/b8-7-,9-6?. The third kappa shape index (κ3) is 2.58. The van der Waals surface area contributed by atoms with Crippen LogP contribution in [0.2, 0.25) is 0 Å². The van der Waals surface area contributed by atoms with E-state index >= 15 is 0 Å². The molecule has 0 rings (SSSR count). The fraction of sp³-hybridized carbons (Fsp3) is 0.500. The summed E-state index contributed by atoms with van der Waals surface area (Å²) in [6.07, 6.45) is 2.78. The van der Waals surface area contributed by atoms with Crippen molar-refractivity contribution in [3.63, 3.8) is 0 Å². The number of hydrogen-bond acceptors (Lipinski definition) is 2. The average molecular weight is 138 g/mol. The predicted molar refractivity (Wildman–Crippen MR) is 47.0 cm³/mol. The first-order chi connectivity index (χ1) is 4.76. The van der Waals surface area contributed by atoms with Crippen molar-refractivity contribution >= 4 is 12.9 Å². The lowest BCUT2D eigenvalue weighted by molar-refractivity contribution is 1.11. The Morgan fingerprint density at radius 1 is 1.60 bits per heavy atom. The maximum Gasteiger partial charge on any atom is 0.0412 e. The number of allylic oxidation sites excluding steroid dienone is 2. The van der Waals surface area contributed by atoms with E-state index in [0.717, 1.165) is 17.7 Å². The Balaban J connectivity index is 4.44. The summed E-state index contributed by atoms with van der Waals surface area (Å²) in [4.78, 5) is 7.72. The summed E-state index contributed by atoms with van der Waals surface area (Å²) in [6.45, 7) is 7.46. The summed E-state index contributed by atoms with van der Waals surface area (Å²) >= 11 is 0. The van der Waals surface area contributed by atoms with E-state index < -0.39 is 0 Å². The van der Waals surface area contributed by atoms with Crippen LogP contribution in [0.4, 0.5) is 0 Å². The summed E-state index contributed by atoms with van der Waals surface area (Å²) in [5, 5.41) is 0. The summed E-state index contributed by atoms with van der Waals surface area (Å²) in [5.41, 5.74) is 2.12. The van der Waals surface area contributed by atoms with Crippen LogP contribution in [0, 0.1) is 0 Å². The van der Waals surface area contributed by atoms with Gasteiger partial charge >= 0.3 is 0 Å². The van der Waals surface area contributed by atoms with Crippen molar-refractivity contribution in [2.24, 2.45) is 9.98 Å². The number of nitrogens with zero attached hydrogens (tertiary/aromatic N) is 2. The van der Waals surface area contributed by atoms with E-state index in [2.05, 4.69) is 23.6 Å². The van der Waals surface area contributed by atoms with Crippen LogP contribution in [0.1, 0.15) is 20.3 Å². The van der Waals surface area contributed by atoms with Gasteiger partial charge in [-0.05, 0) is 25.6 Å². The summed E-state index contributed by atoms with van der Waals surface area (Å²) in [7, 11) is 1.76. The van der Waals surface area contributed by atoms with Crippen LogP contribution in [0.25, 0.3) is 0 Å². The fourth-order valence-corrected chi connectivity index (χ4v) is 0.698. The molecule has 0 aliphatic carbocycles. The number of hydrogen-bond donors (Lipinski definition) is 0. The Hall–Kier alpha value is -0.920. The molecular weight excluding hydrogens is 124 g/mol. The van der Waals surface area contributed by atoms with Gasteiger partial charge in [-0.2, -0.15) is 0 Å². The van der Waals surface area contributed by atoms with E-state index in [1.54, 1.807) is 7.05 Å². The highest BCUT2D eigenvalue weighted by molar-refractivity contribution is 5.79. The van der Waals surface area contributed by atoms with Gasteiger partial charge < -0.3 is 0 Å². The molecule has 0 saturated carbocycles. The molecule has 0 bridgehead atoms. The van der Waals surface area contributed by atoms with Gasteiger partial charge in [0.25, 0.3) is 0 Å². The second-order valence-electron chi connectivity index (χ2n) is 2.01. The Morgan fingerprint density at radius 2 is 2.20 bits per heavy atom. The number of aliphatic imine (C=N–C) groups is 2. The number of rotatable bonds is 3. The van der Waals surface area contributed by atoms with Crippen LogP contribution in [0.15, 0.2) is 21.3 Å². The topological polar surface area (TPSA) is 24.7 Å². The molecule has 0 atom stereocenters. The van der Waals surface area contributed by atoms with Gasteiger partial charge in [-0.3, -0.25) is 9.98 Å². The van der Waals surface area contributed by atoms with Gasteiger partial charge in [-0.1, -0.05) is 6.92 Å². The van der Waals surface area contributed by atoms with E-state index in [-0.39, 0.29) is 0 Å². The quantitative estimate of drug-likeness (QED) is 0.533. The van der Waals surface area contributed by atoms with Crippen molar-refractivity contribution < 1.29 is 0 Å². The minimum Gasteiger partial charge on any atom is -0.296 e. The molecule has 0 amide bonds. The minimum absolute atomic E-state index is 0.961. The van der Waals surface area contributed by atoms with E-state index in [1.807, 2.05) is 13.1 Å². The van der Waals surface area contributed by atoms with Gasteiger partial charge in [0.05, 0.1) is 0 Å². The van der Waals surface area contributed by atoms with E-state index in [0.29, 0.717) is 0 Å². The average Bonchev–Trinajstić information content (AvgIpc) is 1.99. The maximum absolute atomic E-state index is 3.91. The minimum atomic E-state index is 0.961. The van der Waals surface area contributed by atoms with Crippen molar-refractivity contribution in [1.29, 1.82) is 0 Å². The smallest absolute Gasteiger partial charge is 0.0412 e. The maximum atomic E-state index is 3.91. The molecule has 2 nitrogen and oxygen atoms in total. The summed E-state index contributed by atoms with van der Waals surface area (Å²) in [5.74, 6) is 0. The monoisotopic (exact) mass is 138 g/mol. The molecular formula is C8H14N2. The molecule has 0 radical (unpaired) electrons. The van der Waals surface area contributed by atoms with Gasteiger partial charge in [0.2, 0.25) is 0 Å². The van der Waals surface area contributed by atoms with Crippen molar-refractivity contribution in [2.75, 3.05) is 7.05 Å². The lowest BCUT2D eigenvalue weighted by Gasteiger charge is -1.97. The van der Waals surface area contributed by atoms with Crippen LogP contribution >= 0.6 is 0 Å². The molecule has 0 aliphatic rings. The highest BCUT2D eigenvalue weighted by Gasteiger charge is 1.92. The first-order valence-corrected chi connectivity index (χ1v) is 3.34. The second-order valence-corrected chi connectivity index (χ2v) is 2.01. The molecule has 0 N–H and O–H groups in total. The molecule has 0 aliphatic heterocycles. The van der Waals surface area contributed by atoms with Crippen molar-refractivity contribution in [3.8, 4) is 0 Å². The van der Waals surface area contributed by atoms with Gasteiger partial charge in [0.1, 0.15) is 0 Å². The molecule has 0 saturated heterocycles. The normalized spacial score (nSPS) is 13.5. The zero-order valence-electron chi connectivity index (χ0n) is 6.89. The first-order valence-electron chi connectivity index (χ1n) is 3.34. The molecule has 2 heteroatoms. The summed E-state index contributed by atoms with van der Waals surface area (Å²) < 4.78 is 0. The highest BCUT2D eigenvalue weighted by atomic mass is 14.7. The molecule has 56 valence electrons. The Bertz CT molecular complexity index is 166. The van der Waals surface area contributed by atoms with Gasteiger partial charge in [0.15, 0.2) is 0 Å². The molecule has 0 aromatic heterocycles. The van der Waals surface area contributed by atoms with Crippen molar-refractivity contribution in [3.05, 3.63) is 11.3 Å². The van der Waals surface area contributed by atoms with E-state index in [9.17, 15) is 0 Å². The van der Waals surface area contributed by atoms with Gasteiger partial charge in [-0.15, -0.1) is 0 Å². The molecule has 0 aromatic rings. The van der Waals surface area contributed by atoms with Crippen LogP contribution in [-0.2, 0) is 0 Å². The fourth-order valence-electron chi connectivity index (χ4n) is 0.698. The summed E-state index contributed by atoms with van der Waals surface area (Å²) in [6, 6.07) is 0. The van der Waals surface area contributed by atoms with Crippen LogP contribution < -0.4 is 0 Å². The van der Waals surface area contributed by atoms with Crippen LogP contribution in [0.5, 0.6) is 0 Å². The Kier molecular flexibility index (Phi) is 4.46. The second kappa shape index (κ2) is 4.91. The molecule has 0 heterocycles. The molecule has 0 unspecified atom stereocenters.